The van der Waals surface area contributed by atoms with Gasteiger partial charge in [0.2, 0.25) is 0 Å². The highest BCUT2D eigenvalue weighted by molar-refractivity contribution is 9.11. The summed E-state index contributed by atoms with van der Waals surface area (Å²) in [4.78, 5) is 12.6. The Balaban J connectivity index is 2.38. The molecule has 2 rings (SSSR count). The lowest BCUT2D eigenvalue weighted by atomic mass is 10.1. The molecule has 108 valence electrons. The summed E-state index contributed by atoms with van der Waals surface area (Å²) in [5, 5.41) is 3.26. The van der Waals surface area contributed by atoms with Gasteiger partial charge in [-0.05, 0) is 52.3 Å². The van der Waals surface area contributed by atoms with Crippen LogP contribution in [0.1, 0.15) is 15.9 Å². The first-order valence-electron chi connectivity index (χ1n) is 5.74. The maximum atomic E-state index is 12.4. The molecule has 2 aromatic carbocycles. The molecular weight excluding hydrogens is 439 g/mol. The first-order chi connectivity index (χ1) is 9.88. The van der Waals surface area contributed by atoms with Crippen molar-refractivity contribution < 1.29 is 4.79 Å². The fraction of sp³-hybridized carbons (Fsp3) is 0. The molecule has 0 aliphatic heterocycles. The number of amides is 1. The molecule has 0 saturated carbocycles. The summed E-state index contributed by atoms with van der Waals surface area (Å²) in [6.45, 7) is 0. The summed E-state index contributed by atoms with van der Waals surface area (Å²) < 4.78 is 1.48. The smallest absolute Gasteiger partial charge is 0.256 e. The molecule has 21 heavy (non-hydrogen) atoms. The molecule has 0 heterocycles. The average molecular weight is 449 g/mol. The van der Waals surface area contributed by atoms with Crippen LogP contribution in [0.5, 0.6) is 0 Å². The van der Waals surface area contributed by atoms with Gasteiger partial charge >= 0.3 is 0 Å². The zero-order valence-corrected chi connectivity index (χ0v) is 15.2. The second kappa shape index (κ2) is 6.87. The fourth-order valence-corrected chi connectivity index (χ4v) is 2.83. The Labute approximate surface area is 149 Å². The van der Waals surface area contributed by atoms with E-state index in [1.54, 1.807) is 30.3 Å². The predicted octanol–water partition coefficient (Wildman–Crippen LogP) is 4.75. The summed E-state index contributed by atoms with van der Waals surface area (Å²) in [6.07, 6.45) is 0. The van der Waals surface area contributed by atoms with Crippen LogP contribution in [0.3, 0.4) is 0 Å². The van der Waals surface area contributed by atoms with Crippen molar-refractivity contribution >= 4 is 72.3 Å². The van der Waals surface area contributed by atoms with Crippen LogP contribution in [-0.4, -0.2) is 10.9 Å². The van der Waals surface area contributed by atoms with Crippen molar-refractivity contribution in [1.82, 2.24) is 0 Å². The van der Waals surface area contributed by atoms with Crippen LogP contribution in [0, 0.1) is 0 Å². The highest BCUT2D eigenvalue weighted by Crippen LogP contribution is 2.25. The van der Waals surface area contributed by atoms with Crippen molar-refractivity contribution in [2.75, 3.05) is 5.32 Å². The predicted molar refractivity (Wildman–Crippen MR) is 97.1 cm³/mol. The van der Waals surface area contributed by atoms with Gasteiger partial charge in [0.05, 0.1) is 11.3 Å². The van der Waals surface area contributed by atoms with Gasteiger partial charge in [-0.15, -0.1) is 0 Å². The van der Waals surface area contributed by atoms with Crippen molar-refractivity contribution in [2.45, 2.75) is 0 Å². The molecule has 0 fully saturated rings. The number of hydrogen-bond acceptors (Lipinski definition) is 2. The lowest BCUT2D eigenvalue weighted by Gasteiger charge is -2.12. The highest BCUT2D eigenvalue weighted by Gasteiger charge is 2.14. The van der Waals surface area contributed by atoms with Gasteiger partial charge in [0, 0.05) is 19.5 Å². The largest absolute Gasteiger partial charge is 0.389 e. The number of halogens is 3. The zero-order valence-electron chi connectivity index (χ0n) is 10.5. The molecule has 3 N–H and O–H groups in total. The summed E-state index contributed by atoms with van der Waals surface area (Å²) in [6, 6.07) is 10.3. The monoisotopic (exact) mass is 446 g/mol. The number of carbonyl (C=O) groups is 1. The molecule has 7 heteroatoms. The SMILES string of the molecule is NC(=S)c1ccc(Cl)cc1NC(=O)c1cc(Br)ccc1Br. The third-order valence-electron chi connectivity index (χ3n) is 2.67. The topological polar surface area (TPSA) is 55.1 Å². The quantitative estimate of drug-likeness (QED) is 0.666. The normalized spacial score (nSPS) is 10.2. The fourth-order valence-electron chi connectivity index (χ4n) is 1.70. The molecule has 0 atom stereocenters. The molecule has 1 amide bonds. The number of carbonyl (C=O) groups excluding carboxylic acids is 1. The Morgan fingerprint density at radius 1 is 1.14 bits per heavy atom. The molecule has 3 nitrogen and oxygen atoms in total. The highest BCUT2D eigenvalue weighted by atomic mass is 79.9. The molecule has 0 aromatic heterocycles. The molecule has 0 aliphatic carbocycles. The van der Waals surface area contributed by atoms with Gasteiger partial charge in [0.1, 0.15) is 4.99 Å². The first kappa shape index (κ1) is 16.4. The van der Waals surface area contributed by atoms with E-state index in [1.165, 1.54) is 0 Å². The molecular formula is C14H9Br2ClN2OS. The van der Waals surface area contributed by atoms with Crippen molar-refractivity contribution in [1.29, 1.82) is 0 Å². The van der Waals surface area contributed by atoms with E-state index >= 15 is 0 Å². The number of thiocarbonyl (C=S) groups is 1. The molecule has 0 unspecified atom stereocenters. The lowest BCUT2D eigenvalue weighted by molar-refractivity contribution is 0.102. The van der Waals surface area contributed by atoms with E-state index in [4.69, 9.17) is 29.6 Å². The van der Waals surface area contributed by atoms with E-state index < -0.39 is 0 Å². The Hall–Kier alpha value is -0.950. The molecule has 0 aliphatic rings. The average Bonchev–Trinajstić information content (AvgIpc) is 2.41. The van der Waals surface area contributed by atoms with E-state index in [1.807, 2.05) is 6.07 Å². The van der Waals surface area contributed by atoms with E-state index in [2.05, 4.69) is 37.2 Å². The minimum atomic E-state index is -0.289. The molecule has 0 radical (unpaired) electrons. The summed E-state index contributed by atoms with van der Waals surface area (Å²) >= 11 is 17.6. The van der Waals surface area contributed by atoms with Gasteiger partial charge in [-0.2, -0.15) is 0 Å². The van der Waals surface area contributed by atoms with Gasteiger partial charge in [0.25, 0.3) is 5.91 Å². The summed E-state index contributed by atoms with van der Waals surface area (Å²) in [5.74, 6) is -0.289. The van der Waals surface area contributed by atoms with Crippen LogP contribution in [0.4, 0.5) is 5.69 Å². The van der Waals surface area contributed by atoms with Crippen molar-refractivity contribution in [3.63, 3.8) is 0 Å². The maximum absolute atomic E-state index is 12.4. The maximum Gasteiger partial charge on any atom is 0.256 e. The number of nitrogens with two attached hydrogens (primary N) is 1. The van der Waals surface area contributed by atoms with Crippen LogP contribution < -0.4 is 11.1 Å². The Morgan fingerprint density at radius 3 is 2.52 bits per heavy atom. The third-order valence-corrected chi connectivity index (χ3v) is 4.31. The Kier molecular flexibility index (Phi) is 5.37. The standard InChI is InChI=1S/C14H9Br2ClN2OS/c15-7-1-4-11(16)10(5-7)14(20)19-12-6-8(17)2-3-9(12)13(18)21/h1-6H,(H2,18,21)(H,19,20). The molecule has 0 bridgehead atoms. The second-order valence-corrected chi connectivity index (χ2v) is 6.78. The van der Waals surface area contributed by atoms with Crippen LogP contribution in [0.2, 0.25) is 5.02 Å². The Morgan fingerprint density at radius 2 is 1.86 bits per heavy atom. The van der Waals surface area contributed by atoms with Gasteiger partial charge < -0.3 is 11.1 Å². The summed E-state index contributed by atoms with van der Waals surface area (Å²) in [7, 11) is 0. The number of rotatable bonds is 3. The van der Waals surface area contributed by atoms with Crippen LogP contribution >= 0.6 is 55.7 Å². The van der Waals surface area contributed by atoms with Crippen molar-refractivity contribution in [3.05, 3.63) is 61.5 Å². The van der Waals surface area contributed by atoms with Crippen LogP contribution in [0.25, 0.3) is 0 Å². The van der Waals surface area contributed by atoms with Crippen LogP contribution in [-0.2, 0) is 0 Å². The van der Waals surface area contributed by atoms with E-state index in [9.17, 15) is 4.79 Å². The second-order valence-electron chi connectivity index (χ2n) is 4.13. The van der Waals surface area contributed by atoms with E-state index in [0.29, 0.717) is 26.3 Å². The van der Waals surface area contributed by atoms with Crippen molar-refractivity contribution in [2.24, 2.45) is 5.73 Å². The van der Waals surface area contributed by atoms with Crippen LogP contribution in [0.15, 0.2) is 45.3 Å². The third kappa shape index (κ3) is 4.03. The minimum absolute atomic E-state index is 0.190. The van der Waals surface area contributed by atoms with Gasteiger partial charge in [-0.1, -0.05) is 39.7 Å². The van der Waals surface area contributed by atoms with Gasteiger partial charge in [-0.25, -0.2) is 0 Å². The Bertz CT molecular complexity index is 737. The van der Waals surface area contributed by atoms with Crippen molar-refractivity contribution in [3.8, 4) is 0 Å². The molecule has 2 aromatic rings. The minimum Gasteiger partial charge on any atom is -0.389 e. The number of anilines is 1. The first-order valence-corrected chi connectivity index (χ1v) is 8.11. The number of nitrogens with one attached hydrogen (secondary N) is 1. The number of hydrogen-bond donors (Lipinski definition) is 2. The van der Waals surface area contributed by atoms with Gasteiger partial charge in [-0.3, -0.25) is 4.79 Å². The number of benzene rings is 2. The zero-order chi connectivity index (χ0) is 15.6. The van der Waals surface area contributed by atoms with E-state index in [-0.39, 0.29) is 10.9 Å². The lowest BCUT2D eigenvalue weighted by Crippen LogP contribution is -2.18. The van der Waals surface area contributed by atoms with Gasteiger partial charge in [0.15, 0.2) is 0 Å². The molecule has 0 saturated heterocycles. The summed E-state index contributed by atoms with van der Waals surface area (Å²) in [5.41, 5.74) is 7.18. The molecule has 0 spiro atoms. The van der Waals surface area contributed by atoms with E-state index in [0.717, 1.165) is 4.47 Å².